The summed E-state index contributed by atoms with van der Waals surface area (Å²) in [6, 6.07) is 2.51. The minimum absolute atomic E-state index is 0.792. The Labute approximate surface area is 114 Å². The molecule has 2 heteroatoms. The van der Waals surface area contributed by atoms with Crippen LogP contribution in [0.25, 0.3) is 0 Å². The van der Waals surface area contributed by atoms with Gasteiger partial charge in [0, 0.05) is 18.1 Å². The minimum atomic E-state index is 0.792. The molecule has 0 aromatic rings. The van der Waals surface area contributed by atoms with Gasteiger partial charge in [0.25, 0.3) is 0 Å². The molecule has 2 aliphatic carbocycles. The fraction of sp³-hybridized carbons (Fsp3) is 1.00. The summed E-state index contributed by atoms with van der Waals surface area (Å²) in [4.78, 5) is 2.72. The van der Waals surface area contributed by atoms with Crippen LogP contribution in [0.4, 0.5) is 0 Å². The second-order valence-corrected chi connectivity index (χ2v) is 6.70. The van der Waals surface area contributed by atoms with Crippen LogP contribution in [-0.4, -0.2) is 36.6 Å². The highest BCUT2D eigenvalue weighted by atomic mass is 15.2. The SMILES string of the molecule is CCCNC1CCC(N(C)C2CCC(C)CC2)C1. The largest absolute Gasteiger partial charge is 0.314 e. The zero-order valence-electron chi connectivity index (χ0n) is 12.6. The maximum absolute atomic E-state index is 3.70. The molecule has 0 radical (unpaired) electrons. The van der Waals surface area contributed by atoms with E-state index >= 15 is 0 Å². The quantitative estimate of drug-likeness (QED) is 0.806. The summed E-state index contributed by atoms with van der Waals surface area (Å²) in [5, 5.41) is 3.70. The lowest BCUT2D eigenvalue weighted by Gasteiger charge is -2.37. The molecule has 0 aromatic heterocycles. The van der Waals surface area contributed by atoms with Gasteiger partial charge in [-0.1, -0.05) is 13.8 Å². The van der Waals surface area contributed by atoms with E-state index in [2.05, 4.69) is 31.1 Å². The Morgan fingerprint density at radius 1 is 1.00 bits per heavy atom. The van der Waals surface area contributed by atoms with Gasteiger partial charge in [0.1, 0.15) is 0 Å². The zero-order chi connectivity index (χ0) is 13.0. The summed E-state index contributed by atoms with van der Waals surface area (Å²) in [6.07, 6.45) is 11.2. The highest BCUT2D eigenvalue weighted by Crippen LogP contribution is 2.31. The van der Waals surface area contributed by atoms with Crippen LogP contribution in [0.5, 0.6) is 0 Å². The molecule has 0 spiro atoms. The Bertz CT molecular complexity index is 233. The first-order chi connectivity index (χ1) is 8.70. The summed E-state index contributed by atoms with van der Waals surface area (Å²) >= 11 is 0. The van der Waals surface area contributed by atoms with E-state index in [1.807, 2.05) is 0 Å². The molecule has 0 heterocycles. The first-order valence-electron chi connectivity index (χ1n) is 8.16. The van der Waals surface area contributed by atoms with Gasteiger partial charge in [-0.05, 0) is 70.9 Å². The molecular formula is C16H32N2. The van der Waals surface area contributed by atoms with E-state index in [0.29, 0.717) is 0 Å². The predicted molar refractivity (Wildman–Crippen MR) is 78.9 cm³/mol. The molecule has 0 aromatic carbocycles. The third kappa shape index (κ3) is 3.71. The van der Waals surface area contributed by atoms with Crippen LogP contribution < -0.4 is 5.32 Å². The van der Waals surface area contributed by atoms with E-state index in [1.54, 1.807) is 0 Å². The minimum Gasteiger partial charge on any atom is -0.314 e. The van der Waals surface area contributed by atoms with Gasteiger partial charge in [-0.3, -0.25) is 0 Å². The first-order valence-corrected chi connectivity index (χ1v) is 8.16. The molecule has 2 nitrogen and oxygen atoms in total. The zero-order valence-corrected chi connectivity index (χ0v) is 12.6. The lowest BCUT2D eigenvalue weighted by atomic mass is 9.86. The molecule has 2 atom stereocenters. The standard InChI is InChI=1S/C16H32N2/c1-4-11-17-14-7-10-16(12-14)18(3)15-8-5-13(2)6-9-15/h13-17H,4-12H2,1-3H3. The molecule has 2 rings (SSSR count). The highest BCUT2D eigenvalue weighted by Gasteiger charge is 2.31. The van der Waals surface area contributed by atoms with Crippen molar-refractivity contribution in [2.24, 2.45) is 5.92 Å². The van der Waals surface area contributed by atoms with Gasteiger partial charge >= 0.3 is 0 Å². The molecule has 2 aliphatic rings. The Morgan fingerprint density at radius 3 is 2.33 bits per heavy atom. The third-order valence-electron chi connectivity index (χ3n) is 5.23. The smallest absolute Gasteiger partial charge is 0.0110 e. The highest BCUT2D eigenvalue weighted by molar-refractivity contribution is 4.89. The lowest BCUT2D eigenvalue weighted by Crippen LogP contribution is -2.41. The summed E-state index contributed by atoms with van der Waals surface area (Å²) in [7, 11) is 2.38. The molecule has 2 unspecified atom stereocenters. The maximum Gasteiger partial charge on any atom is 0.0110 e. The Balaban J connectivity index is 1.74. The number of hydrogen-bond acceptors (Lipinski definition) is 2. The van der Waals surface area contributed by atoms with Crippen molar-refractivity contribution in [3.05, 3.63) is 0 Å². The molecule has 18 heavy (non-hydrogen) atoms. The number of nitrogens with zero attached hydrogens (tertiary/aromatic N) is 1. The van der Waals surface area contributed by atoms with Crippen LogP contribution in [-0.2, 0) is 0 Å². The fourth-order valence-corrected chi connectivity index (χ4v) is 3.81. The van der Waals surface area contributed by atoms with Crippen LogP contribution in [0.15, 0.2) is 0 Å². The van der Waals surface area contributed by atoms with Crippen molar-refractivity contribution in [3.8, 4) is 0 Å². The van der Waals surface area contributed by atoms with Crippen molar-refractivity contribution in [2.75, 3.05) is 13.6 Å². The van der Waals surface area contributed by atoms with Gasteiger partial charge in [-0.25, -0.2) is 0 Å². The van der Waals surface area contributed by atoms with E-state index in [9.17, 15) is 0 Å². The second-order valence-electron chi connectivity index (χ2n) is 6.70. The first kappa shape index (κ1) is 14.3. The van der Waals surface area contributed by atoms with Gasteiger partial charge in [0.05, 0.1) is 0 Å². The fourth-order valence-electron chi connectivity index (χ4n) is 3.81. The maximum atomic E-state index is 3.70. The van der Waals surface area contributed by atoms with E-state index < -0.39 is 0 Å². The number of nitrogens with one attached hydrogen (secondary N) is 1. The molecule has 0 amide bonds. The average Bonchev–Trinajstić information content (AvgIpc) is 2.85. The molecule has 0 saturated heterocycles. The van der Waals surface area contributed by atoms with Crippen molar-refractivity contribution in [2.45, 2.75) is 83.3 Å². The van der Waals surface area contributed by atoms with Crippen LogP contribution in [0, 0.1) is 5.92 Å². The third-order valence-corrected chi connectivity index (χ3v) is 5.23. The lowest BCUT2D eigenvalue weighted by molar-refractivity contribution is 0.124. The predicted octanol–water partition coefficient (Wildman–Crippen LogP) is 3.42. The Morgan fingerprint density at radius 2 is 1.67 bits per heavy atom. The summed E-state index contributed by atoms with van der Waals surface area (Å²) < 4.78 is 0. The molecule has 2 fully saturated rings. The van der Waals surface area contributed by atoms with Crippen molar-refractivity contribution in [3.63, 3.8) is 0 Å². The van der Waals surface area contributed by atoms with E-state index in [1.165, 1.54) is 57.9 Å². The molecule has 0 aliphatic heterocycles. The van der Waals surface area contributed by atoms with Crippen LogP contribution in [0.2, 0.25) is 0 Å². The van der Waals surface area contributed by atoms with Crippen molar-refractivity contribution >= 4 is 0 Å². The van der Waals surface area contributed by atoms with E-state index in [-0.39, 0.29) is 0 Å². The van der Waals surface area contributed by atoms with E-state index in [4.69, 9.17) is 0 Å². The van der Waals surface area contributed by atoms with Crippen molar-refractivity contribution in [1.29, 1.82) is 0 Å². The van der Waals surface area contributed by atoms with Gasteiger partial charge in [-0.15, -0.1) is 0 Å². The van der Waals surface area contributed by atoms with Gasteiger partial charge in [0.2, 0.25) is 0 Å². The topological polar surface area (TPSA) is 15.3 Å². The molecule has 1 N–H and O–H groups in total. The second kappa shape index (κ2) is 6.91. The molecule has 0 bridgehead atoms. The number of rotatable bonds is 5. The van der Waals surface area contributed by atoms with Gasteiger partial charge < -0.3 is 10.2 Å². The molecule has 106 valence electrons. The van der Waals surface area contributed by atoms with Crippen LogP contribution in [0.3, 0.4) is 0 Å². The van der Waals surface area contributed by atoms with Crippen molar-refractivity contribution in [1.82, 2.24) is 10.2 Å². The van der Waals surface area contributed by atoms with Crippen LogP contribution in [0.1, 0.15) is 65.2 Å². The van der Waals surface area contributed by atoms with Crippen LogP contribution >= 0.6 is 0 Å². The van der Waals surface area contributed by atoms with E-state index in [0.717, 1.165) is 24.0 Å². The normalized spacial score (nSPS) is 37.3. The Hall–Kier alpha value is -0.0800. The monoisotopic (exact) mass is 252 g/mol. The summed E-state index contributed by atoms with van der Waals surface area (Å²) in [5.74, 6) is 0.970. The number of hydrogen-bond donors (Lipinski definition) is 1. The molecule has 2 saturated carbocycles. The average molecular weight is 252 g/mol. The van der Waals surface area contributed by atoms with Gasteiger partial charge in [-0.2, -0.15) is 0 Å². The summed E-state index contributed by atoms with van der Waals surface area (Å²) in [5.41, 5.74) is 0. The Kier molecular flexibility index (Phi) is 5.50. The molecular weight excluding hydrogens is 220 g/mol. The van der Waals surface area contributed by atoms with Crippen molar-refractivity contribution < 1.29 is 0 Å². The summed E-state index contributed by atoms with van der Waals surface area (Å²) in [6.45, 7) is 5.87. The van der Waals surface area contributed by atoms with Gasteiger partial charge in [0.15, 0.2) is 0 Å².